The molecule has 0 spiro atoms. The van der Waals surface area contributed by atoms with E-state index in [-0.39, 0.29) is 5.91 Å². The Bertz CT molecular complexity index is 769. The van der Waals surface area contributed by atoms with E-state index in [1.165, 1.54) is 18.2 Å². The molecule has 0 atom stereocenters. The Labute approximate surface area is 158 Å². The summed E-state index contributed by atoms with van der Waals surface area (Å²) in [5.74, 6) is 2.07. The fraction of sp³-hybridized carbons (Fsp3) is 0.421. The van der Waals surface area contributed by atoms with Crippen LogP contribution in [0.5, 0.6) is 5.75 Å². The average Bonchev–Trinajstić information content (AvgIpc) is 3.10. The van der Waals surface area contributed by atoms with Gasteiger partial charge < -0.3 is 9.64 Å². The minimum Gasteiger partial charge on any atom is -0.497 e. The van der Waals surface area contributed by atoms with Crippen LogP contribution >= 0.6 is 11.8 Å². The summed E-state index contributed by atoms with van der Waals surface area (Å²) in [5, 5.41) is 9.36. The van der Waals surface area contributed by atoms with Gasteiger partial charge >= 0.3 is 0 Å². The quantitative estimate of drug-likeness (QED) is 0.552. The molecule has 1 amide bonds. The number of carbonyl (C=O) groups is 1. The third-order valence-electron chi connectivity index (χ3n) is 4.39. The van der Waals surface area contributed by atoms with Crippen molar-refractivity contribution in [2.75, 3.05) is 26.0 Å². The zero-order valence-electron chi connectivity index (χ0n) is 15.1. The summed E-state index contributed by atoms with van der Waals surface area (Å²) in [4.78, 5) is 14.4. The number of hydrogen-bond acceptors (Lipinski definition) is 5. The van der Waals surface area contributed by atoms with Crippen molar-refractivity contribution in [1.29, 1.82) is 0 Å². The normalized spacial score (nSPS) is 14.3. The number of methoxy groups -OCH3 is 1. The lowest BCUT2D eigenvalue weighted by Crippen LogP contribution is -2.36. The smallest absolute Gasteiger partial charge is 0.233 e. The lowest BCUT2D eigenvalue weighted by molar-refractivity contribution is -0.129. The van der Waals surface area contributed by atoms with Gasteiger partial charge in [-0.1, -0.05) is 30.0 Å². The predicted octanol–water partition coefficient (Wildman–Crippen LogP) is 3.24. The van der Waals surface area contributed by atoms with Crippen molar-refractivity contribution >= 4 is 17.7 Å². The van der Waals surface area contributed by atoms with Crippen molar-refractivity contribution < 1.29 is 9.53 Å². The van der Waals surface area contributed by atoms with E-state index in [0.717, 1.165) is 48.2 Å². The number of aromatic nitrogens is 3. The maximum atomic E-state index is 12.4. The lowest BCUT2D eigenvalue weighted by atomic mass is 10.1. The van der Waals surface area contributed by atoms with Crippen molar-refractivity contribution in [3.63, 3.8) is 0 Å². The average molecular weight is 372 g/mol. The van der Waals surface area contributed by atoms with Crippen molar-refractivity contribution in [3.8, 4) is 17.1 Å². The van der Waals surface area contributed by atoms with Crippen LogP contribution in [0.4, 0.5) is 0 Å². The Morgan fingerprint density at radius 3 is 2.85 bits per heavy atom. The summed E-state index contributed by atoms with van der Waals surface area (Å²) in [6, 6.07) is 7.72. The van der Waals surface area contributed by atoms with Crippen molar-refractivity contribution in [1.82, 2.24) is 19.7 Å². The van der Waals surface area contributed by atoms with Gasteiger partial charge in [0.05, 0.1) is 12.9 Å². The summed E-state index contributed by atoms with van der Waals surface area (Å²) in [6.07, 6.45) is 5.23. The highest BCUT2D eigenvalue weighted by molar-refractivity contribution is 7.99. The van der Waals surface area contributed by atoms with E-state index in [4.69, 9.17) is 4.74 Å². The molecule has 0 saturated carbocycles. The molecule has 0 bridgehead atoms. The van der Waals surface area contributed by atoms with Gasteiger partial charge in [0.1, 0.15) is 5.75 Å². The molecule has 2 heterocycles. The number of rotatable bonds is 7. The van der Waals surface area contributed by atoms with Crippen molar-refractivity contribution in [2.45, 2.75) is 31.0 Å². The molecule has 1 aromatic carbocycles. The fourth-order valence-electron chi connectivity index (χ4n) is 3.03. The number of nitrogens with zero attached hydrogens (tertiary/aromatic N) is 4. The second-order valence-electron chi connectivity index (χ2n) is 6.17. The lowest BCUT2D eigenvalue weighted by Gasteiger charge is -2.26. The van der Waals surface area contributed by atoms with Gasteiger partial charge in [0.15, 0.2) is 11.0 Å². The molecule has 0 aliphatic carbocycles. The highest BCUT2D eigenvalue weighted by Crippen LogP contribution is 2.27. The Hall–Kier alpha value is -2.28. The van der Waals surface area contributed by atoms with Crippen LogP contribution in [0.25, 0.3) is 11.4 Å². The molecule has 0 unspecified atom stereocenters. The largest absolute Gasteiger partial charge is 0.497 e. The van der Waals surface area contributed by atoms with Gasteiger partial charge in [-0.15, -0.1) is 16.8 Å². The van der Waals surface area contributed by atoms with E-state index >= 15 is 0 Å². The molecule has 1 saturated heterocycles. The molecule has 0 N–H and O–H groups in total. The Balaban J connectivity index is 1.76. The van der Waals surface area contributed by atoms with E-state index < -0.39 is 0 Å². The van der Waals surface area contributed by atoms with E-state index in [1.807, 2.05) is 39.8 Å². The first-order valence-electron chi connectivity index (χ1n) is 8.82. The van der Waals surface area contributed by atoms with Gasteiger partial charge in [-0.05, 0) is 31.4 Å². The van der Waals surface area contributed by atoms with E-state index in [0.29, 0.717) is 12.3 Å². The molecule has 1 aliphatic rings. The molecule has 0 radical (unpaired) electrons. The highest BCUT2D eigenvalue weighted by Gasteiger charge is 2.19. The molecule has 26 heavy (non-hydrogen) atoms. The molecule has 138 valence electrons. The summed E-state index contributed by atoms with van der Waals surface area (Å²) in [7, 11) is 1.64. The monoisotopic (exact) mass is 372 g/mol. The number of piperidine rings is 1. The van der Waals surface area contributed by atoms with Crippen LogP contribution in [0.3, 0.4) is 0 Å². The molecule has 6 nitrogen and oxygen atoms in total. The molecule has 2 aromatic rings. The molecule has 1 aromatic heterocycles. The molecule has 3 rings (SSSR count). The molecule has 7 heteroatoms. The zero-order valence-corrected chi connectivity index (χ0v) is 15.9. The van der Waals surface area contributed by atoms with Crippen LogP contribution in [0, 0.1) is 0 Å². The fourth-order valence-corrected chi connectivity index (χ4v) is 3.88. The second kappa shape index (κ2) is 8.89. The van der Waals surface area contributed by atoms with E-state index in [9.17, 15) is 4.79 Å². The number of benzene rings is 1. The predicted molar refractivity (Wildman–Crippen MR) is 103 cm³/mol. The Kier molecular flexibility index (Phi) is 6.33. The van der Waals surface area contributed by atoms with Crippen LogP contribution in [0.1, 0.15) is 19.3 Å². The number of amides is 1. The number of allylic oxidation sites excluding steroid dienone is 1. The first-order chi connectivity index (χ1) is 12.7. The number of likely N-dealkylation sites (tertiary alicyclic amines) is 1. The zero-order chi connectivity index (χ0) is 18.4. The third kappa shape index (κ3) is 4.27. The maximum Gasteiger partial charge on any atom is 0.233 e. The SMILES string of the molecule is C=CCn1c(SCC(=O)N2CCCCC2)nnc1-c1cccc(OC)c1. The van der Waals surface area contributed by atoms with Crippen LogP contribution < -0.4 is 4.74 Å². The summed E-state index contributed by atoms with van der Waals surface area (Å²) in [6.45, 7) is 6.15. The van der Waals surface area contributed by atoms with E-state index in [2.05, 4.69) is 16.8 Å². The molecular weight excluding hydrogens is 348 g/mol. The first kappa shape index (κ1) is 18.5. The Morgan fingerprint density at radius 1 is 1.31 bits per heavy atom. The molecule has 1 aliphatic heterocycles. The van der Waals surface area contributed by atoms with Crippen LogP contribution in [-0.2, 0) is 11.3 Å². The Morgan fingerprint density at radius 2 is 2.12 bits per heavy atom. The van der Waals surface area contributed by atoms with Gasteiger partial charge in [0.25, 0.3) is 0 Å². The van der Waals surface area contributed by atoms with Gasteiger partial charge in [0.2, 0.25) is 5.91 Å². The number of thioether (sulfide) groups is 1. The van der Waals surface area contributed by atoms with Gasteiger partial charge in [0, 0.05) is 25.2 Å². The number of carbonyl (C=O) groups excluding carboxylic acids is 1. The topological polar surface area (TPSA) is 60.2 Å². The third-order valence-corrected chi connectivity index (χ3v) is 5.34. The van der Waals surface area contributed by atoms with E-state index in [1.54, 1.807) is 7.11 Å². The first-order valence-corrected chi connectivity index (χ1v) is 9.80. The second-order valence-corrected chi connectivity index (χ2v) is 7.11. The summed E-state index contributed by atoms with van der Waals surface area (Å²) < 4.78 is 7.28. The van der Waals surface area contributed by atoms with Crippen LogP contribution in [-0.4, -0.2) is 51.5 Å². The van der Waals surface area contributed by atoms with Crippen LogP contribution in [0.15, 0.2) is 42.1 Å². The molecule has 1 fully saturated rings. The summed E-state index contributed by atoms with van der Waals surface area (Å²) in [5.41, 5.74) is 0.924. The number of ether oxygens (including phenoxy) is 1. The molecular formula is C19H24N4O2S. The standard InChI is InChI=1S/C19H24N4O2S/c1-3-10-23-18(15-8-7-9-16(13-15)25-2)20-21-19(23)26-14-17(24)22-11-5-4-6-12-22/h3,7-9,13H,1,4-6,10-12,14H2,2H3. The minimum atomic E-state index is 0.172. The van der Waals surface area contributed by atoms with Gasteiger partial charge in [-0.3, -0.25) is 9.36 Å². The maximum absolute atomic E-state index is 12.4. The van der Waals surface area contributed by atoms with Gasteiger partial charge in [-0.2, -0.15) is 0 Å². The van der Waals surface area contributed by atoms with Gasteiger partial charge in [-0.25, -0.2) is 0 Å². The van der Waals surface area contributed by atoms with Crippen molar-refractivity contribution in [2.24, 2.45) is 0 Å². The minimum absolute atomic E-state index is 0.172. The highest BCUT2D eigenvalue weighted by atomic mass is 32.2. The van der Waals surface area contributed by atoms with Crippen LogP contribution in [0.2, 0.25) is 0 Å². The van der Waals surface area contributed by atoms with Crippen molar-refractivity contribution in [3.05, 3.63) is 36.9 Å². The number of hydrogen-bond donors (Lipinski definition) is 0. The summed E-state index contributed by atoms with van der Waals surface area (Å²) >= 11 is 1.43.